The number of esters is 1. The van der Waals surface area contributed by atoms with Crippen LogP contribution in [0, 0.1) is 0 Å². The number of methoxy groups -OCH3 is 1. The lowest BCUT2D eigenvalue weighted by atomic mass is 10.0. The molecule has 1 aliphatic rings. The van der Waals surface area contributed by atoms with Crippen molar-refractivity contribution in [3.05, 3.63) is 29.3 Å². The summed E-state index contributed by atoms with van der Waals surface area (Å²) in [7, 11) is 1.34. The zero-order valence-corrected chi connectivity index (χ0v) is 8.53. The molecule has 1 unspecified atom stereocenters. The SMILES string of the molecule is COC(=O)c1ccc2c(c1)C(C)C(=O)N2. The predicted octanol–water partition coefficient (Wildman–Crippen LogP) is 1.53. The monoisotopic (exact) mass is 205 g/mol. The van der Waals surface area contributed by atoms with Crippen molar-refractivity contribution in [1.29, 1.82) is 0 Å². The van der Waals surface area contributed by atoms with E-state index in [0.29, 0.717) is 5.56 Å². The Balaban J connectivity index is 2.44. The van der Waals surface area contributed by atoms with Crippen molar-refractivity contribution >= 4 is 17.6 Å². The van der Waals surface area contributed by atoms with Crippen molar-refractivity contribution in [3.8, 4) is 0 Å². The van der Waals surface area contributed by atoms with Gasteiger partial charge in [-0.3, -0.25) is 4.79 Å². The van der Waals surface area contributed by atoms with E-state index in [0.717, 1.165) is 11.3 Å². The Morgan fingerprint density at radius 2 is 2.20 bits per heavy atom. The van der Waals surface area contributed by atoms with Crippen LogP contribution >= 0.6 is 0 Å². The number of carbonyl (C=O) groups excluding carboxylic acids is 2. The maximum Gasteiger partial charge on any atom is 0.337 e. The summed E-state index contributed by atoms with van der Waals surface area (Å²) in [5.41, 5.74) is 2.10. The van der Waals surface area contributed by atoms with Crippen LogP contribution in [0.25, 0.3) is 0 Å². The summed E-state index contributed by atoms with van der Waals surface area (Å²) in [5, 5.41) is 2.74. The van der Waals surface area contributed by atoms with Gasteiger partial charge < -0.3 is 10.1 Å². The van der Waals surface area contributed by atoms with Gasteiger partial charge in [0.25, 0.3) is 0 Å². The number of amides is 1. The number of anilines is 1. The van der Waals surface area contributed by atoms with Gasteiger partial charge in [-0.1, -0.05) is 0 Å². The Bertz CT molecular complexity index is 439. The summed E-state index contributed by atoms with van der Waals surface area (Å²) >= 11 is 0. The van der Waals surface area contributed by atoms with Gasteiger partial charge in [0.15, 0.2) is 0 Å². The number of benzene rings is 1. The van der Waals surface area contributed by atoms with Gasteiger partial charge in [-0.15, -0.1) is 0 Å². The van der Waals surface area contributed by atoms with Crippen molar-refractivity contribution in [1.82, 2.24) is 0 Å². The molecule has 0 saturated heterocycles. The second-order valence-electron chi connectivity index (χ2n) is 3.50. The van der Waals surface area contributed by atoms with Crippen LogP contribution in [-0.2, 0) is 9.53 Å². The second kappa shape index (κ2) is 3.38. The fraction of sp³-hybridized carbons (Fsp3) is 0.273. The Morgan fingerprint density at radius 3 is 2.87 bits per heavy atom. The highest BCUT2D eigenvalue weighted by Gasteiger charge is 2.27. The first-order chi connectivity index (χ1) is 7.13. The summed E-state index contributed by atoms with van der Waals surface area (Å²) < 4.78 is 4.61. The lowest BCUT2D eigenvalue weighted by Gasteiger charge is -2.03. The van der Waals surface area contributed by atoms with E-state index in [2.05, 4.69) is 10.1 Å². The average Bonchev–Trinajstić information content (AvgIpc) is 2.54. The maximum atomic E-state index is 11.4. The van der Waals surface area contributed by atoms with Crippen molar-refractivity contribution in [2.24, 2.45) is 0 Å². The van der Waals surface area contributed by atoms with Crippen LogP contribution in [-0.4, -0.2) is 19.0 Å². The van der Waals surface area contributed by atoms with E-state index in [-0.39, 0.29) is 17.8 Å². The van der Waals surface area contributed by atoms with E-state index >= 15 is 0 Å². The molecule has 0 fully saturated rings. The number of ether oxygens (including phenoxy) is 1. The highest BCUT2D eigenvalue weighted by molar-refractivity contribution is 6.03. The third-order valence-corrected chi connectivity index (χ3v) is 2.59. The molecule has 1 aliphatic heterocycles. The maximum absolute atomic E-state index is 11.4. The molecular formula is C11H11NO3. The number of hydrogen-bond acceptors (Lipinski definition) is 3. The zero-order valence-electron chi connectivity index (χ0n) is 8.53. The van der Waals surface area contributed by atoms with E-state index in [4.69, 9.17) is 0 Å². The topological polar surface area (TPSA) is 55.4 Å². The molecule has 4 nitrogen and oxygen atoms in total. The van der Waals surface area contributed by atoms with E-state index in [1.54, 1.807) is 18.2 Å². The normalized spacial score (nSPS) is 18.3. The van der Waals surface area contributed by atoms with Crippen molar-refractivity contribution in [2.45, 2.75) is 12.8 Å². The first-order valence-corrected chi connectivity index (χ1v) is 4.66. The lowest BCUT2D eigenvalue weighted by Crippen LogP contribution is -2.08. The smallest absolute Gasteiger partial charge is 0.337 e. The van der Waals surface area contributed by atoms with E-state index in [1.807, 2.05) is 6.92 Å². The summed E-state index contributed by atoms with van der Waals surface area (Å²) in [5.74, 6) is -0.624. The van der Waals surface area contributed by atoms with Gasteiger partial charge in [0.1, 0.15) is 0 Å². The molecule has 1 atom stereocenters. The molecule has 1 amide bonds. The van der Waals surface area contributed by atoms with Gasteiger partial charge in [0.2, 0.25) is 5.91 Å². The molecule has 0 bridgehead atoms. The molecule has 1 N–H and O–H groups in total. The van der Waals surface area contributed by atoms with Gasteiger partial charge in [0.05, 0.1) is 18.6 Å². The van der Waals surface area contributed by atoms with Crippen molar-refractivity contribution in [2.75, 3.05) is 12.4 Å². The van der Waals surface area contributed by atoms with Gasteiger partial charge >= 0.3 is 5.97 Å². The van der Waals surface area contributed by atoms with Gasteiger partial charge in [-0.05, 0) is 30.7 Å². The Hall–Kier alpha value is -1.84. The molecule has 1 aromatic carbocycles. The molecule has 1 aromatic rings. The molecular weight excluding hydrogens is 194 g/mol. The largest absolute Gasteiger partial charge is 0.465 e. The molecule has 0 aliphatic carbocycles. The average molecular weight is 205 g/mol. The quantitative estimate of drug-likeness (QED) is 0.707. The minimum atomic E-state index is -0.385. The number of hydrogen-bond donors (Lipinski definition) is 1. The zero-order chi connectivity index (χ0) is 11.0. The van der Waals surface area contributed by atoms with Crippen LogP contribution < -0.4 is 5.32 Å². The highest BCUT2D eigenvalue weighted by Crippen LogP contribution is 2.32. The molecule has 15 heavy (non-hydrogen) atoms. The van der Waals surface area contributed by atoms with Gasteiger partial charge in [-0.2, -0.15) is 0 Å². The number of nitrogens with one attached hydrogen (secondary N) is 1. The van der Waals surface area contributed by atoms with Crippen LogP contribution in [0.3, 0.4) is 0 Å². The highest BCUT2D eigenvalue weighted by atomic mass is 16.5. The third kappa shape index (κ3) is 1.48. The lowest BCUT2D eigenvalue weighted by molar-refractivity contribution is -0.116. The molecule has 2 rings (SSSR count). The van der Waals surface area contributed by atoms with E-state index in [9.17, 15) is 9.59 Å². The van der Waals surface area contributed by atoms with Crippen molar-refractivity contribution < 1.29 is 14.3 Å². The van der Waals surface area contributed by atoms with Gasteiger partial charge in [-0.25, -0.2) is 4.79 Å². The van der Waals surface area contributed by atoms with Gasteiger partial charge in [0, 0.05) is 5.69 Å². The molecule has 1 heterocycles. The first-order valence-electron chi connectivity index (χ1n) is 4.66. The number of rotatable bonds is 1. The van der Waals surface area contributed by atoms with E-state index in [1.165, 1.54) is 7.11 Å². The molecule has 0 spiro atoms. The Morgan fingerprint density at radius 1 is 1.47 bits per heavy atom. The predicted molar refractivity (Wildman–Crippen MR) is 54.8 cm³/mol. The fourth-order valence-electron chi connectivity index (χ4n) is 1.66. The van der Waals surface area contributed by atoms with E-state index < -0.39 is 0 Å². The molecule has 0 aromatic heterocycles. The molecule has 4 heteroatoms. The van der Waals surface area contributed by atoms with Crippen LogP contribution in [0.4, 0.5) is 5.69 Å². The van der Waals surface area contributed by atoms with Crippen LogP contribution in [0.15, 0.2) is 18.2 Å². The summed E-state index contributed by atoms with van der Waals surface area (Å²) in [4.78, 5) is 22.6. The van der Waals surface area contributed by atoms with Crippen LogP contribution in [0.5, 0.6) is 0 Å². The fourth-order valence-corrected chi connectivity index (χ4v) is 1.66. The first kappa shape index (κ1) is 9.71. The van der Waals surface area contributed by atoms with Crippen molar-refractivity contribution in [3.63, 3.8) is 0 Å². The Labute approximate surface area is 87.2 Å². The molecule has 0 radical (unpaired) electrons. The number of carbonyl (C=O) groups is 2. The summed E-state index contributed by atoms with van der Waals surface area (Å²) in [6, 6.07) is 5.07. The summed E-state index contributed by atoms with van der Waals surface area (Å²) in [6.45, 7) is 1.81. The molecule has 78 valence electrons. The number of fused-ring (bicyclic) bond motifs is 1. The summed E-state index contributed by atoms with van der Waals surface area (Å²) in [6.07, 6.45) is 0. The standard InChI is InChI=1S/C11H11NO3/c1-6-8-5-7(11(14)15-2)3-4-9(8)12-10(6)13/h3-6H,1-2H3,(H,12,13). The minimum absolute atomic E-state index is 0.0352. The van der Waals surface area contributed by atoms with Crippen LogP contribution in [0.1, 0.15) is 28.8 Å². The second-order valence-corrected chi connectivity index (χ2v) is 3.50. The Kier molecular flexibility index (Phi) is 2.19. The minimum Gasteiger partial charge on any atom is -0.465 e. The third-order valence-electron chi connectivity index (χ3n) is 2.59. The molecule has 0 saturated carbocycles. The van der Waals surface area contributed by atoms with Crippen LogP contribution in [0.2, 0.25) is 0 Å².